The first-order chi connectivity index (χ1) is 8.96. The molecule has 0 bridgehead atoms. The van der Waals surface area contributed by atoms with Gasteiger partial charge in [-0.25, -0.2) is 8.42 Å². The fourth-order valence-corrected chi connectivity index (χ4v) is 4.64. The molecule has 1 fully saturated rings. The highest BCUT2D eigenvalue weighted by molar-refractivity contribution is 7.89. The zero-order chi connectivity index (χ0) is 14.0. The lowest BCUT2D eigenvalue weighted by Gasteiger charge is -2.38. The van der Waals surface area contributed by atoms with Crippen molar-refractivity contribution >= 4 is 10.0 Å². The highest BCUT2D eigenvalue weighted by atomic mass is 32.2. The number of piperidine rings is 1. The van der Waals surface area contributed by atoms with Crippen LogP contribution >= 0.6 is 0 Å². The lowest BCUT2D eigenvalue weighted by Crippen LogP contribution is -2.51. The second-order valence-electron chi connectivity index (χ2n) is 5.32. The largest absolute Gasteiger partial charge is 0.329 e. The number of nitrogens with zero attached hydrogens (tertiary/aromatic N) is 1. The SMILES string of the molecule is Cc1ccc(S(=O)(=O)N2C(C)CCCC2CN)cc1. The van der Waals surface area contributed by atoms with Crippen LogP contribution in [-0.4, -0.2) is 31.4 Å². The van der Waals surface area contributed by atoms with Crippen LogP contribution in [0.3, 0.4) is 0 Å². The minimum Gasteiger partial charge on any atom is -0.329 e. The van der Waals surface area contributed by atoms with Gasteiger partial charge in [0.15, 0.2) is 0 Å². The predicted octanol–water partition coefficient (Wildman–Crippen LogP) is 1.89. The minimum atomic E-state index is -3.44. The third-order valence-electron chi connectivity index (χ3n) is 3.82. The smallest absolute Gasteiger partial charge is 0.243 e. The summed E-state index contributed by atoms with van der Waals surface area (Å²) in [6, 6.07) is 6.97. The summed E-state index contributed by atoms with van der Waals surface area (Å²) in [4.78, 5) is 0.366. The van der Waals surface area contributed by atoms with Crippen LogP contribution in [0.5, 0.6) is 0 Å². The normalized spacial score (nSPS) is 25.4. The zero-order valence-corrected chi connectivity index (χ0v) is 12.4. The number of nitrogens with two attached hydrogens (primary N) is 1. The van der Waals surface area contributed by atoms with E-state index in [1.165, 1.54) is 0 Å². The first-order valence-corrected chi connectivity index (χ1v) is 8.21. The van der Waals surface area contributed by atoms with Gasteiger partial charge >= 0.3 is 0 Å². The van der Waals surface area contributed by atoms with E-state index in [4.69, 9.17) is 5.73 Å². The Kier molecular flexibility index (Phi) is 4.28. The van der Waals surface area contributed by atoms with Crippen LogP contribution in [0.1, 0.15) is 31.7 Å². The van der Waals surface area contributed by atoms with Crippen LogP contribution in [0.15, 0.2) is 29.2 Å². The Labute approximate surface area is 115 Å². The maximum atomic E-state index is 12.7. The van der Waals surface area contributed by atoms with Crippen molar-refractivity contribution in [2.75, 3.05) is 6.54 Å². The van der Waals surface area contributed by atoms with Gasteiger partial charge in [0.25, 0.3) is 0 Å². The summed E-state index contributed by atoms with van der Waals surface area (Å²) in [6.45, 7) is 4.30. The molecule has 19 heavy (non-hydrogen) atoms. The first-order valence-electron chi connectivity index (χ1n) is 6.77. The summed E-state index contributed by atoms with van der Waals surface area (Å²) in [6.07, 6.45) is 2.80. The van der Waals surface area contributed by atoms with Crippen LogP contribution in [-0.2, 0) is 10.0 Å². The monoisotopic (exact) mass is 282 g/mol. The molecule has 1 saturated heterocycles. The van der Waals surface area contributed by atoms with Gasteiger partial charge in [0.2, 0.25) is 10.0 Å². The molecule has 1 heterocycles. The van der Waals surface area contributed by atoms with Crippen LogP contribution in [0, 0.1) is 6.92 Å². The lowest BCUT2D eigenvalue weighted by atomic mass is 10.00. The van der Waals surface area contributed by atoms with E-state index in [1.54, 1.807) is 16.4 Å². The van der Waals surface area contributed by atoms with Gasteiger partial charge in [0.1, 0.15) is 0 Å². The van der Waals surface area contributed by atoms with E-state index < -0.39 is 10.0 Å². The Bertz CT molecular complexity index is 525. The third kappa shape index (κ3) is 2.83. The molecule has 4 nitrogen and oxygen atoms in total. The van der Waals surface area contributed by atoms with Gasteiger partial charge in [-0.15, -0.1) is 0 Å². The molecule has 0 amide bonds. The zero-order valence-electron chi connectivity index (χ0n) is 11.5. The molecule has 2 atom stereocenters. The second kappa shape index (κ2) is 5.61. The summed E-state index contributed by atoms with van der Waals surface area (Å²) < 4.78 is 27.1. The van der Waals surface area contributed by atoms with Gasteiger partial charge in [-0.05, 0) is 38.8 Å². The van der Waals surface area contributed by atoms with Crippen LogP contribution in [0.2, 0.25) is 0 Å². The highest BCUT2D eigenvalue weighted by Crippen LogP contribution is 2.29. The van der Waals surface area contributed by atoms with Crippen molar-refractivity contribution in [2.24, 2.45) is 5.73 Å². The van der Waals surface area contributed by atoms with Crippen LogP contribution in [0.25, 0.3) is 0 Å². The van der Waals surface area contributed by atoms with Crippen molar-refractivity contribution in [3.05, 3.63) is 29.8 Å². The fourth-order valence-electron chi connectivity index (χ4n) is 2.75. The average molecular weight is 282 g/mol. The Balaban J connectivity index is 2.38. The van der Waals surface area contributed by atoms with E-state index in [0.717, 1.165) is 24.8 Å². The molecule has 1 aliphatic heterocycles. The third-order valence-corrected chi connectivity index (χ3v) is 5.90. The van der Waals surface area contributed by atoms with E-state index in [1.807, 2.05) is 26.0 Å². The van der Waals surface area contributed by atoms with Crippen LogP contribution in [0.4, 0.5) is 0 Å². The summed E-state index contributed by atoms with van der Waals surface area (Å²) >= 11 is 0. The molecule has 1 aliphatic rings. The van der Waals surface area contributed by atoms with Crippen molar-refractivity contribution in [3.63, 3.8) is 0 Å². The van der Waals surface area contributed by atoms with Crippen molar-refractivity contribution in [3.8, 4) is 0 Å². The topological polar surface area (TPSA) is 63.4 Å². The molecule has 5 heteroatoms. The molecule has 2 N–H and O–H groups in total. The summed E-state index contributed by atoms with van der Waals surface area (Å²) in [5.74, 6) is 0. The number of hydrogen-bond donors (Lipinski definition) is 1. The quantitative estimate of drug-likeness (QED) is 0.920. The average Bonchev–Trinajstić information content (AvgIpc) is 2.38. The summed E-state index contributed by atoms with van der Waals surface area (Å²) in [5, 5.41) is 0. The molecule has 0 aromatic heterocycles. The van der Waals surface area contributed by atoms with Gasteiger partial charge in [0.05, 0.1) is 4.90 Å². The highest BCUT2D eigenvalue weighted by Gasteiger charge is 2.36. The lowest BCUT2D eigenvalue weighted by molar-refractivity contribution is 0.196. The standard InChI is InChI=1S/C14H22N2O2S/c1-11-6-8-14(9-7-11)19(17,18)16-12(2)4-3-5-13(16)10-15/h6-9,12-13H,3-5,10,15H2,1-2H3. The second-order valence-corrected chi connectivity index (χ2v) is 7.16. The van der Waals surface area contributed by atoms with E-state index in [0.29, 0.717) is 11.4 Å². The summed E-state index contributed by atoms with van der Waals surface area (Å²) in [5.41, 5.74) is 6.81. The number of aryl methyl sites for hydroxylation is 1. The Morgan fingerprint density at radius 3 is 2.47 bits per heavy atom. The predicted molar refractivity (Wildman–Crippen MR) is 76.4 cm³/mol. The molecule has 0 saturated carbocycles. The molecule has 0 aliphatic carbocycles. The van der Waals surface area contributed by atoms with Crippen molar-refractivity contribution in [2.45, 2.75) is 50.1 Å². The number of rotatable bonds is 3. The Morgan fingerprint density at radius 1 is 1.26 bits per heavy atom. The van der Waals surface area contributed by atoms with E-state index in [9.17, 15) is 8.42 Å². The number of benzene rings is 1. The molecule has 2 rings (SSSR count). The molecule has 1 aromatic carbocycles. The van der Waals surface area contributed by atoms with Gasteiger partial charge in [0, 0.05) is 18.6 Å². The van der Waals surface area contributed by atoms with Gasteiger partial charge < -0.3 is 5.73 Å². The van der Waals surface area contributed by atoms with Gasteiger partial charge in [-0.2, -0.15) is 4.31 Å². The summed E-state index contributed by atoms with van der Waals surface area (Å²) in [7, 11) is -3.44. The van der Waals surface area contributed by atoms with E-state index in [2.05, 4.69) is 0 Å². The van der Waals surface area contributed by atoms with Crippen LogP contribution < -0.4 is 5.73 Å². The van der Waals surface area contributed by atoms with Crippen molar-refractivity contribution in [1.29, 1.82) is 0 Å². The maximum absolute atomic E-state index is 12.7. The molecule has 106 valence electrons. The van der Waals surface area contributed by atoms with E-state index >= 15 is 0 Å². The molecular weight excluding hydrogens is 260 g/mol. The molecular formula is C14H22N2O2S. The molecule has 0 spiro atoms. The number of sulfonamides is 1. The fraction of sp³-hybridized carbons (Fsp3) is 0.571. The van der Waals surface area contributed by atoms with Gasteiger partial charge in [-0.3, -0.25) is 0 Å². The van der Waals surface area contributed by atoms with Crippen molar-refractivity contribution in [1.82, 2.24) is 4.31 Å². The van der Waals surface area contributed by atoms with E-state index in [-0.39, 0.29) is 12.1 Å². The molecule has 0 radical (unpaired) electrons. The molecule has 1 aromatic rings. The minimum absolute atomic E-state index is 0.0219. The Morgan fingerprint density at radius 2 is 1.89 bits per heavy atom. The Hall–Kier alpha value is -0.910. The maximum Gasteiger partial charge on any atom is 0.243 e. The van der Waals surface area contributed by atoms with Gasteiger partial charge in [-0.1, -0.05) is 24.1 Å². The first kappa shape index (κ1) is 14.5. The number of hydrogen-bond acceptors (Lipinski definition) is 3. The van der Waals surface area contributed by atoms with Crippen molar-refractivity contribution < 1.29 is 8.42 Å². The molecule has 2 unspecified atom stereocenters.